The minimum absolute atomic E-state index is 0.248. The van der Waals surface area contributed by atoms with E-state index in [0.717, 1.165) is 30.9 Å². The molecule has 160 valence electrons. The molecule has 0 saturated carbocycles. The number of quaternary nitrogens is 1. The Morgan fingerprint density at radius 2 is 1.73 bits per heavy atom. The molecule has 1 amide bonds. The smallest absolute Gasteiger partial charge is 0.257 e. The fourth-order valence-corrected chi connectivity index (χ4v) is 3.66. The number of hydrogen-bond donors (Lipinski definition) is 3. The maximum atomic E-state index is 12.4. The first-order chi connectivity index (χ1) is 14.6. The normalized spacial score (nSPS) is 14.3. The van der Waals surface area contributed by atoms with Crippen LogP contribution in [0, 0.1) is 0 Å². The van der Waals surface area contributed by atoms with E-state index in [9.17, 15) is 4.79 Å². The molecule has 2 aromatic carbocycles. The third-order valence-corrected chi connectivity index (χ3v) is 5.48. The molecule has 3 N–H and O–H groups in total. The number of rotatable bonds is 7. The minimum Gasteiger partial charge on any atom is -0.494 e. The number of likely N-dealkylation sites (N-methyl/N-ethyl adjacent to an activating group) is 1. The SMILES string of the molecule is CCCOc1ccc(C(=O)NC(=S)Nc2ccc(N3CC[NH+](CC)CC3)cc2)cc1. The quantitative estimate of drug-likeness (QED) is 0.592. The molecule has 1 heterocycles. The van der Waals surface area contributed by atoms with Crippen molar-refractivity contribution in [2.24, 2.45) is 0 Å². The molecule has 0 atom stereocenters. The van der Waals surface area contributed by atoms with Gasteiger partial charge in [0, 0.05) is 16.9 Å². The van der Waals surface area contributed by atoms with Crippen LogP contribution in [0.5, 0.6) is 5.75 Å². The van der Waals surface area contributed by atoms with Gasteiger partial charge in [0.2, 0.25) is 0 Å². The molecule has 0 spiro atoms. The number of thiocarbonyl (C=S) groups is 1. The van der Waals surface area contributed by atoms with Gasteiger partial charge >= 0.3 is 0 Å². The summed E-state index contributed by atoms with van der Waals surface area (Å²) in [5, 5.41) is 6.08. The minimum atomic E-state index is -0.248. The van der Waals surface area contributed by atoms with E-state index in [-0.39, 0.29) is 11.0 Å². The van der Waals surface area contributed by atoms with Gasteiger partial charge in [0.05, 0.1) is 39.3 Å². The Labute approximate surface area is 184 Å². The van der Waals surface area contributed by atoms with E-state index < -0.39 is 0 Å². The highest BCUT2D eigenvalue weighted by atomic mass is 32.1. The second-order valence-electron chi connectivity index (χ2n) is 7.42. The number of anilines is 2. The number of nitrogens with one attached hydrogen (secondary N) is 3. The zero-order chi connectivity index (χ0) is 21.3. The Morgan fingerprint density at radius 1 is 1.07 bits per heavy atom. The summed E-state index contributed by atoms with van der Waals surface area (Å²) in [6.45, 7) is 10.7. The summed E-state index contributed by atoms with van der Waals surface area (Å²) in [7, 11) is 0. The monoisotopic (exact) mass is 427 g/mol. The van der Waals surface area contributed by atoms with Crippen LogP contribution in [0.25, 0.3) is 0 Å². The van der Waals surface area contributed by atoms with E-state index in [2.05, 4.69) is 41.5 Å². The summed E-state index contributed by atoms with van der Waals surface area (Å²) < 4.78 is 5.54. The molecule has 0 unspecified atom stereocenters. The standard InChI is InChI=1S/C23H30N4O2S/c1-3-17-29-21-11-5-18(6-12-21)22(28)25-23(30)24-19-7-9-20(10-8-19)27-15-13-26(4-2)14-16-27/h5-12H,3-4,13-17H2,1-2H3,(H2,24,25,28,30)/p+1. The molecule has 0 aliphatic carbocycles. The van der Waals surface area contributed by atoms with Crippen LogP contribution in [-0.2, 0) is 0 Å². The van der Waals surface area contributed by atoms with E-state index >= 15 is 0 Å². The molecule has 1 fully saturated rings. The zero-order valence-corrected chi connectivity index (χ0v) is 18.6. The lowest BCUT2D eigenvalue weighted by molar-refractivity contribution is -0.898. The van der Waals surface area contributed by atoms with Crippen molar-refractivity contribution in [1.82, 2.24) is 5.32 Å². The fourth-order valence-electron chi connectivity index (χ4n) is 3.45. The molecular weight excluding hydrogens is 396 g/mol. The third-order valence-electron chi connectivity index (χ3n) is 5.28. The van der Waals surface area contributed by atoms with Crippen LogP contribution in [0.15, 0.2) is 48.5 Å². The van der Waals surface area contributed by atoms with Crippen molar-refractivity contribution in [3.05, 3.63) is 54.1 Å². The second kappa shape index (κ2) is 10.9. The van der Waals surface area contributed by atoms with Crippen molar-refractivity contribution >= 4 is 34.6 Å². The molecule has 7 heteroatoms. The average Bonchev–Trinajstić information content (AvgIpc) is 2.78. The third kappa shape index (κ3) is 6.18. The van der Waals surface area contributed by atoms with Crippen molar-refractivity contribution in [2.45, 2.75) is 20.3 Å². The summed E-state index contributed by atoms with van der Waals surface area (Å²) in [6.07, 6.45) is 0.944. The second-order valence-corrected chi connectivity index (χ2v) is 7.83. The van der Waals surface area contributed by atoms with Crippen LogP contribution in [0.3, 0.4) is 0 Å². The Bertz CT molecular complexity index is 831. The van der Waals surface area contributed by atoms with Crippen LogP contribution in [0.4, 0.5) is 11.4 Å². The lowest BCUT2D eigenvalue weighted by Crippen LogP contribution is -3.14. The number of hydrogen-bond acceptors (Lipinski definition) is 4. The van der Waals surface area contributed by atoms with Crippen molar-refractivity contribution in [3.63, 3.8) is 0 Å². The highest BCUT2D eigenvalue weighted by Crippen LogP contribution is 2.18. The van der Waals surface area contributed by atoms with E-state index in [4.69, 9.17) is 17.0 Å². The molecule has 0 aromatic heterocycles. The number of nitrogens with zero attached hydrogens (tertiary/aromatic N) is 1. The predicted octanol–water partition coefficient (Wildman–Crippen LogP) is 2.33. The van der Waals surface area contributed by atoms with Crippen molar-refractivity contribution in [2.75, 3.05) is 49.5 Å². The highest BCUT2D eigenvalue weighted by molar-refractivity contribution is 7.80. The maximum absolute atomic E-state index is 12.4. The molecule has 0 bridgehead atoms. The first-order valence-electron chi connectivity index (χ1n) is 10.6. The van der Waals surface area contributed by atoms with Gasteiger partial charge in [-0.15, -0.1) is 0 Å². The largest absolute Gasteiger partial charge is 0.494 e. The summed E-state index contributed by atoms with van der Waals surface area (Å²) in [6, 6.07) is 15.2. The summed E-state index contributed by atoms with van der Waals surface area (Å²) in [5.74, 6) is 0.508. The van der Waals surface area contributed by atoms with Gasteiger partial charge in [0.25, 0.3) is 5.91 Å². The lowest BCUT2D eigenvalue weighted by atomic mass is 10.2. The molecule has 3 rings (SSSR count). The first-order valence-corrected chi connectivity index (χ1v) is 11.0. The van der Waals surface area contributed by atoms with Gasteiger partial charge in [-0.2, -0.15) is 0 Å². The van der Waals surface area contributed by atoms with E-state index in [1.54, 1.807) is 29.2 Å². The maximum Gasteiger partial charge on any atom is 0.257 e. The van der Waals surface area contributed by atoms with Gasteiger partial charge in [-0.1, -0.05) is 6.92 Å². The Kier molecular flexibility index (Phi) is 8.04. The average molecular weight is 428 g/mol. The molecular formula is C23H31N4O2S+. The fraction of sp³-hybridized carbons (Fsp3) is 0.391. The van der Waals surface area contributed by atoms with Gasteiger partial charge in [0.1, 0.15) is 5.75 Å². The summed E-state index contributed by atoms with van der Waals surface area (Å²) in [4.78, 5) is 16.5. The number of benzene rings is 2. The van der Waals surface area contributed by atoms with Gasteiger partial charge < -0.3 is 19.9 Å². The molecule has 1 aliphatic heterocycles. The molecule has 2 aromatic rings. The van der Waals surface area contributed by atoms with Gasteiger partial charge in [-0.3, -0.25) is 10.1 Å². The van der Waals surface area contributed by atoms with Crippen LogP contribution in [0.2, 0.25) is 0 Å². The van der Waals surface area contributed by atoms with Crippen LogP contribution >= 0.6 is 12.2 Å². The number of carbonyl (C=O) groups excluding carboxylic acids is 1. The van der Waals surface area contributed by atoms with Crippen molar-refractivity contribution < 1.29 is 14.4 Å². The highest BCUT2D eigenvalue weighted by Gasteiger charge is 2.18. The van der Waals surface area contributed by atoms with Crippen molar-refractivity contribution in [3.8, 4) is 5.75 Å². The van der Waals surface area contributed by atoms with Crippen LogP contribution in [0.1, 0.15) is 30.6 Å². The van der Waals surface area contributed by atoms with E-state index in [0.29, 0.717) is 12.2 Å². The Balaban J connectivity index is 1.49. The lowest BCUT2D eigenvalue weighted by Gasteiger charge is -2.33. The molecule has 1 saturated heterocycles. The van der Waals surface area contributed by atoms with E-state index in [1.165, 1.54) is 25.3 Å². The summed E-state index contributed by atoms with van der Waals surface area (Å²) >= 11 is 5.30. The Morgan fingerprint density at radius 3 is 2.33 bits per heavy atom. The molecule has 0 radical (unpaired) electrons. The molecule has 1 aliphatic rings. The van der Waals surface area contributed by atoms with Crippen LogP contribution < -0.4 is 25.2 Å². The van der Waals surface area contributed by atoms with Gasteiger partial charge in [0.15, 0.2) is 5.11 Å². The number of ether oxygens (including phenoxy) is 1. The topological polar surface area (TPSA) is 58.0 Å². The Hall–Kier alpha value is -2.64. The predicted molar refractivity (Wildman–Crippen MR) is 126 cm³/mol. The van der Waals surface area contributed by atoms with Gasteiger partial charge in [-0.25, -0.2) is 0 Å². The number of piperazine rings is 1. The first kappa shape index (κ1) is 22.1. The van der Waals surface area contributed by atoms with Gasteiger partial charge in [-0.05, 0) is 74.1 Å². The number of amides is 1. The number of carbonyl (C=O) groups is 1. The van der Waals surface area contributed by atoms with Crippen LogP contribution in [-0.4, -0.2) is 50.4 Å². The molecule has 6 nitrogen and oxygen atoms in total. The van der Waals surface area contributed by atoms with Crippen molar-refractivity contribution in [1.29, 1.82) is 0 Å². The van der Waals surface area contributed by atoms with E-state index in [1.807, 2.05) is 12.1 Å². The summed E-state index contributed by atoms with van der Waals surface area (Å²) in [5.41, 5.74) is 2.60. The zero-order valence-electron chi connectivity index (χ0n) is 17.7. The molecule has 30 heavy (non-hydrogen) atoms.